The van der Waals surface area contributed by atoms with Gasteiger partial charge in [-0.2, -0.15) is 9.40 Å². The number of sulfonamides is 1. The van der Waals surface area contributed by atoms with Crippen molar-refractivity contribution < 1.29 is 13.2 Å². The molecule has 2 unspecified atom stereocenters. The second-order valence-electron chi connectivity index (χ2n) is 10.7. The van der Waals surface area contributed by atoms with E-state index >= 15 is 0 Å². The lowest BCUT2D eigenvalue weighted by Gasteiger charge is -2.30. The first-order valence-electron chi connectivity index (χ1n) is 12.3. The molecular formula is C25H31N5O4S. The molecular weight excluding hydrogens is 466 g/mol. The molecule has 0 amide bonds. The summed E-state index contributed by atoms with van der Waals surface area (Å²) in [7, 11) is -3.57. The molecule has 1 aromatic carbocycles. The third kappa shape index (κ3) is 3.70. The summed E-state index contributed by atoms with van der Waals surface area (Å²) in [6.45, 7) is 6.01. The number of aromatic nitrogens is 3. The molecule has 1 aliphatic carbocycles. The number of fused-ring (bicyclic) bond motifs is 1. The van der Waals surface area contributed by atoms with Crippen LogP contribution >= 0.6 is 0 Å². The monoisotopic (exact) mass is 497 g/mol. The van der Waals surface area contributed by atoms with Crippen molar-refractivity contribution in [3.8, 4) is 0 Å². The zero-order valence-electron chi connectivity index (χ0n) is 20.1. The van der Waals surface area contributed by atoms with Gasteiger partial charge in [-0.05, 0) is 76.3 Å². The SMILES string of the molecule is CC1(C)CCCN1S(=O)(=O)c1ccc(Nc2nn(C3CC34CCCOC4)c3cc[nH]c(=O)c23)cc1. The molecule has 2 atom stereocenters. The number of aromatic amines is 1. The quantitative estimate of drug-likeness (QED) is 0.555. The molecule has 3 aliphatic rings. The van der Waals surface area contributed by atoms with Gasteiger partial charge in [0.1, 0.15) is 5.39 Å². The van der Waals surface area contributed by atoms with Crippen LogP contribution in [0.3, 0.4) is 0 Å². The number of pyridine rings is 1. The molecule has 6 rings (SSSR count). The second-order valence-corrected chi connectivity index (χ2v) is 12.6. The Morgan fingerprint density at radius 1 is 1.14 bits per heavy atom. The van der Waals surface area contributed by atoms with Crippen LogP contribution in [0, 0.1) is 5.41 Å². The maximum absolute atomic E-state index is 13.2. The zero-order chi connectivity index (χ0) is 24.4. The molecule has 4 heterocycles. The summed E-state index contributed by atoms with van der Waals surface area (Å²) in [5.74, 6) is 0.469. The predicted octanol–water partition coefficient (Wildman–Crippen LogP) is 3.77. The maximum Gasteiger partial charge on any atom is 0.261 e. The van der Waals surface area contributed by atoms with E-state index in [0.29, 0.717) is 23.4 Å². The van der Waals surface area contributed by atoms with Crippen LogP contribution in [0.2, 0.25) is 0 Å². The summed E-state index contributed by atoms with van der Waals surface area (Å²) in [6, 6.07) is 8.78. The van der Waals surface area contributed by atoms with E-state index in [2.05, 4.69) is 10.3 Å². The van der Waals surface area contributed by atoms with Crippen LogP contribution in [0.15, 0.2) is 46.2 Å². The van der Waals surface area contributed by atoms with Crippen molar-refractivity contribution in [2.45, 2.75) is 62.4 Å². The number of anilines is 2. The first kappa shape index (κ1) is 22.8. The van der Waals surface area contributed by atoms with Gasteiger partial charge in [0.2, 0.25) is 10.0 Å². The van der Waals surface area contributed by atoms with E-state index in [9.17, 15) is 13.2 Å². The van der Waals surface area contributed by atoms with E-state index in [1.54, 1.807) is 34.8 Å². The topological polar surface area (TPSA) is 109 Å². The van der Waals surface area contributed by atoms with Gasteiger partial charge in [-0.1, -0.05) is 0 Å². The minimum absolute atomic E-state index is 0.108. The molecule has 2 N–H and O–H groups in total. The van der Waals surface area contributed by atoms with Crippen LogP contribution in [-0.4, -0.2) is 52.8 Å². The van der Waals surface area contributed by atoms with Crippen molar-refractivity contribution in [2.75, 3.05) is 25.1 Å². The van der Waals surface area contributed by atoms with Gasteiger partial charge < -0.3 is 15.0 Å². The zero-order valence-corrected chi connectivity index (χ0v) is 20.9. The van der Waals surface area contributed by atoms with Crippen LogP contribution in [0.5, 0.6) is 0 Å². The predicted molar refractivity (Wildman–Crippen MR) is 133 cm³/mol. The maximum atomic E-state index is 13.2. The van der Waals surface area contributed by atoms with E-state index in [1.807, 2.05) is 24.6 Å². The minimum Gasteiger partial charge on any atom is -0.381 e. The summed E-state index contributed by atoms with van der Waals surface area (Å²) in [5.41, 5.74) is 0.981. The third-order valence-corrected chi connectivity index (χ3v) is 10.1. The Labute approximate surface area is 204 Å². The molecule has 0 bridgehead atoms. The molecule has 9 nitrogen and oxygen atoms in total. The largest absolute Gasteiger partial charge is 0.381 e. The Morgan fingerprint density at radius 3 is 2.63 bits per heavy atom. The second kappa shape index (κ2) is 7.91. The Balaban J connectivity index is 1.30. The number of benzene rings is 1. The third-order valence-electron chi connectivity index (χ3n) is 7.95. The summed E-state index contributed by atoms with van der Waals surface area (Å²) in [5, 5.41) is 8.57. The van der Waals surface area contributed by atoms with Crippen molar-refractivity contribution in [1.82, 2.24) is 19.1 Å². The van der Waals surface area contributed by atoms with Gasteiger partial charge in [0, 0.05) is 36.0 Å². The molecule has 1 spiro atoms. The van der Waals surface area contributed by atoms with E-state index in [-0.39, 0.29) is 27.5 Å². The lowest BCUT2D eigenvalue weighted by atomic mass is 9.98. The van der Waals surface area contributed by atoms with Crippen LogP contribution in [-0.2, 0) is 14.8 Å². The Kier molecular flexibility index (Phi) is 5.14. The lowest BCUT2D eigenvalue weighted by molar-refractivity contribution is 0.0367. The lowest BCUT2D eigenvalue weighted by Crippen LogP contribution is -2.42. The number of H-pyrrole nitrogens is 1. The van der Waals surface area contributed by atoms with Crippen molar-refractivity contribution in [1.29, 1.82) is 0 Å². The fraction of sp³-hybridized carbons (Fsp3) is 0.520. The van der Waals surface area contributed by atoms with Gasteiger partial charge in [-0.3, -0.25) is 9.48 Å². The van der Waals surface area contributed by atoms with Gasteiger partial charge in [-0.15, -0.1) is 0 Å². The van der Waals surface area contributed by atoms with E-state index in [1.165, 1.54) is 0 Å². The Morgan fingerprint density at radius 2 is 1.94 bits per heavy atom. The fourth-order valence-electron chi connectivity index (χ4n) is 5.90. The fourth-order valence-corrected chi connectivity index (χ4v) is 7.74. The molecule has 3 aromatic rings. The highest BCUT2D eigenvalue weighted by Crippen LogP contribution is 2.61. The average Bonchev–Trinajstić information content (AvgIpc) is 3.17. The van der Waals surface area contributed by atoms with Gasteiger partial charge >= 0.3 is 0 Å². The van der Waals surface area contributed by atoms with Gasteiger partial charge in [-0.25, -0.2) is 8.42 Å². The average molecular weight is 498 g/mol. The first-order valence-corrected chi connectivity index (χ1v) is 13.7. The van der Waals surface area contributed by atoms with Crippen LogP contribution in [0.4, 0.5) is 11.5 Å². The first-order chi connectivity index (χ1) is 16.7. The summed E-state index contributed by atoms with van der Waals surface area (Å²) in [4.78, 5) is 15.8. The molecule has 1 saturated carbocycles. The van der Waals surface area contributed by atoms with E-state index in [4.69, 9.17) is 9.84 Å². The van der Waals surface area contributed by atoms with Crippen molar-refractivity contribution in [3.63, 3.8) is 0 Å². The van der Waals surface area contributed by atoms with Crippen molar-refractivity contribution in [3.05, 3.63) is 46.9 Å². The summed E-state index contributed by atoms with van der Waals surface area (Å²) < 4.78 is 35.7. The molecule has 2 saturated heterocycles. The smallest absolute Gasteiger partial charge is 0.261 e. The number of hydrogen-bond acceptors (Lipinski definition) is 6. The molecule has 2 aliphatic heterocycles. The number of ether oxygens (including phenoxy) is 1. The van der Waals surface area contributed by atoms with Gasteiger partial charge in [0.25, 0.3) is 5.56 Å². The number of rotatable bonds is 5. The van der Waals surface area contributed by atoms with Crippen molar-refractivity contribution in [2.24, 2.45) is 5.41 Å². The van der Waals surface area contributed by atoms with Crippen LogP contribution in [0.1, 0.15) is 52.0 Å². The molecule has 10 heteroatoms. The van der Waals surface area contributed by atoms with Gasteiger partial charge in [0.15, 0.2) is 5.82 Å². The molecule has 186 valence electrons. The summed E-state index contributed by atoms with van der Waals surface area (Å²) >= 11 is 0. The minimum atomic E-state index is -3.57. The standard InChI is InChI=1S/C25H31N5O4S/c1-24(2)10-3-13-29(24)35(32,33)18-7-5-17(6-8-18)27-22-21-19(9-12-26-23(21)31)30(28-22)20-15-25(20)11-4-14-34-16-25/h5-9,12,20H,3-4,10-11,13-16H2,1-2H3,(H,26,31)(H,27,28). The molecule has 0 radical (unpaired) electrons. The van der Waals surface area contributed by atoms with E-state index in [0.717, 1.165) is 50.8 Å². The Hall–Kier alpha value is -2.69. The summed E-state index contributed by atoms with van der Waals surface area (Å²) in [6.07, 6.45) is 6.52. The highest BCUT2D eigenvalue weighted by molar-refractivity contribution is 7.89. The van der Waals surface area contributed by atoms with Crippen LogP contribution < -0.4 is 10.9 Å². The normalized spacial score (nSPS) is 26.4. The highest BCUT2D eigenvalue weighted by Gasteiger charge is 2.57. The molecule has 3 fully saturated rings. The van der Waals surface area contributed by atoms with Crippen LogP contribution in [0.25, 0.3) is 10.9 Å². The van der Waals surface area contributed by atoms with Gasteiger partial charge in [0.05, 0.1) is 23.1 Å². The number of hydrogen-bond donors (Lipinski definition) is 2. The van der Waals surface area contributed by atoms with Crippen molar-refractivity contribution >= 4 is 32.4 Å². The number of nitrogens with zero attached hydrogens (tertiary/aromatic N) is 3. The Bertz CT molecular complexity index is 1430. The van der Waals surface area contributed by atoms with E-state index < -0.39 is 10.0 Å². The molecule has 35 heavy (non-hydrogen) atoms. The molecule has 2 aromatic heterocycles. The highest BCUT2D eigenvalue weighted by atomic mass is 32.2. The number of nitrogens with one attached hydrogen (secondary N) is 2.